The minimum Gasteiger partial charge on any atom is -0.454 e. The summed E-state index contributed by atoms with van der Waals surface area (Å²) in [6.07, 6.45) is 1.68. The number of imide groups is 2. The van der Waals surface area contributed by atoms with Crippen LogP contribution in [0.3, 0.4) is 0 Å². The smallest absolute Gasteiger partial charge is 0.326 e. The van der Waals surface area contributed by atoms with Gasteiger partial charge in [-0.3, -0.25) is 24.6 Å². The van der Waals surface area contributed by atoms with Crippen LogP contribution in [0.15, 0.2) is 18.2 Å². The number of carbonyl (C=O) groups is 5. The largest absolute Gasteiger partial charge is 0.454 e. The molecule has 6 amide bonds. The number of nitrogens with zero attached hydrogens (tertiary/aromatic N) is 1. The predicted molar refractivity (Wildman–Crippen MR) is 105 cm³/mol. The molecule has 2 fully saturated rings. The molecule has 10 nitrogen and oxygen atoms in total. The van der Waals surface area contributed by atoms with Crippen molar-refractivity contribution in [2.45, 2.75) is 39.2 Å². The van der Waals surface area contributed by atoms with Crippen molar-refractivity contribution >= 4 is 35.5 Å². The van der Waals surface area contributed by atoms with E-state index in [1.54, 1.807) is 13.0 Å². The number of urea groups is 2. The lowest BCUT2D eigenvalue weighted by molar-refractivity contribution is -0.150. The molecular weight excluding hydrogens is 392 g/mol. The number of anilines is 1. The van der Waals surface area contributed by atoms with Gasteiger partial charge in [-0.05, 0) is 51.2 Å². The van der Waals surface area contributed by atoms with E-state index < -0.39 is 48.5 Å². The van der Waals surface area contributed by atoms with Crippen molar-refractivity contribution in [1.82, 2.24) is 15.5 Å². The van der Waals surface area contributed by atoms with E-state index in [-0.39, 0.29) is 5.92 Å². The van der Waals surface area contributed by atoms with E-state index in [2.05, 4.69) is 10.6 Å². The number of nitrogens with one attached hydrogen (secondary N) is 3. The van der Waals surface area contributed by atoms with Crippen LogP contribution in [0.1, 0.15) is 30.9 Å². The van der Waals surface area contributed by atoms with Gasteiger partial charge in [-0.25, -0.2) is 9.59 Å². The summed E-state index contributed by atoms with van der Waals surface area (Å²) >= 11 is 0. The molecule has 2 aliphatic rings. The highest BCUT2D eigenvalue weighted by atomic mass is 16.5. The third kappa shape index (κ3) is 4.58. The summed E-state index contributed by atoms with van der Waals surface area (Å²) in [6, 6.07) is 3.97. The molecule has 1 aromatic carbocycles. The van der Waals surface area contributed by atoms with Crippen LogP contribution in [-0.4, -0.2) is 53.4 Å². The zero-order valence-corrected chi connectivity index (χ0v) is 17.0. The fraction of sp³-hybridized carbons (Fsp3) is 0.450. The van der Waals surface area contributed by atoms with Crippen LogP contribution in [0.4, 0.5) is 15.3 Å². The van der Waals surface area contributed by atoms with Crippen LogP contribution in [0.25, 0.3) is 0 Å². The summed E-state index contributed by atoms with van der Waals surface area (Å²) in [5, 5.41) is 7.20. The molecule has 1 aliphatic heterocycles. The van der Waals surface area contributed by atoms with Gasteiger partial charge < -0.3 is 15.4 Å². The first-order valence-electron chi connectivity index (χ1n) is 9.58. The molecule has 30 heavy (non-hydrogen) atoms. The minimum atomic E-state index is -0.999. The predicted octanol–water partition coefficient (Wildman–Crippen LogP) is 1.22. The van der Waals surface area contributed by atoms with Crippen molar-refractivity contribution in [1.29, 1.82) is 0 Å². The Balaban J connectivity index is 1.44. The number of amides is 6. The quantitative estimate of drug-likeness (QED) is 0.472. The zero-order chi connectivity index (χ0) is 22.1. The normalized spacial score (nSPS) is 20.6. The SMILES string of the molecule is Cc1ccc(NC(=O)NC(=O)COC(=O)CN2C(=O)N[C@@](C)(C3CC3)C2=O)c(C)c1. The number of carbonyl (C=O) groups excluding carboxylic acids is 5. The fourth-order valence-corrected chi connectivity index (χ4v) is 3.39. The Morgan fingerprint density at radius 1 is 1.23 bits per heavy atom. The third-order valence-corrected chi connectivity index (χ3v) is 5.23. The van der Waals surface area contributed by atoms with Crippen LogP contribution < -0.4 is 16.0 Å². The van der Waals surface area contributed by atoms with Crippen molar-refractivity contribution < 1.29 is 28.7 Å². The highest BCUT2D eigenvalue weighted by Crippen LogP contribution is 2.42. The summed E-state index contributed by atoms with van der Waals surface area (Å²) in [5.74, 6) is -2.19. The van der Waals surface area contributed by atoms with Crippen molar-refractivity contribution in [3.05, 3.63) is 29.3 Å². The first-order valence-corrected chi connectivity index (χ1v) is 9.58. The van der Waals surface area contributed by atoms with Crippen LogP contribution in [-0.2, 0) is 19.1 Å². The molecule has 1 saturated carbocycles. The van der Waals surface area contributed by atoms with Gasteiger partial charge in [0.2, 0.25) is 0 Å². The van der Waals surface area contributed by atoms with Gasteiger partial charge in [-0.15, -0.1) is 0 Å². The average molecular weight is 416 g/mol. The Kier molecular flexibility index (Phi) is 5.77. The van der Waals surface area contributed by atoms with Crippen LogP contribution in [0.5, 0.6) is 0 Å². The maximum Gasteiger partial charge on any atom is 0.326 e. The average Bonchev–Trinajstić information content (AvgIpc) is 3.48. The van der Waals surface area contributed by atoms with Crippen molar-refractivity contribution in [2.75, 3.05) is 18.5 Å². The van der Waals surface area contributed by atoms with Crippen molar-refractivity contribution in [3.63, 3.8) is 0 Å². The minimum absolute atomic E-state index is 0.0661. The molecule has 0 aromatic heterocycles. The number of ether oxygens (including phenoxy) is 1. The van der Waals surface area contributed by atoms with E-state index in [4.69, 9.17) is 4.74 Å². The first-order chi connectivity index (χ1) is 14.1. The van der Waals surface area contributed by atoms with Crippen LogP contribution in [0, 0.1) is 19.8 Å². The highest BCUT2D eigenvalue weighted by Gasteiger charge is 2.56. The molecule has 10 heteroatoms. The Hall–Kier alpha value is -3.43. The van der Waals surface area contributed by atoms with E-state index in [1.807, 2.05) is 31.3 Å². The van der Waals surface area contributed by atoms with Gasteiger partial charge in [0.25, 0.3) is 11.8 Å². The standard InChI is InChI=1S/C20H24N4O6/c1-11-4-7-14(12(2)8-11)21-18(28)22-15(25)10-30-16(26)9-24-17(27)20(3,13-5-6-13)23-19(24)29/h4,7-8,13H,5-6,9-10H2,1-3H3,(H,23,29)(H2,21,22,25,28)/t20-/m0/s1. The van der Waals surface area contributed by atoms with Crippen molar-refractivity contribution in [3.8, 4) is 0 Å². The Bertz CT molecular complexity index is 926. The Labute approximate surface area is 173 Å². The molecule has 0 unspecified atom stereocenters. The fourth-order valence-electron chi connectivity index (χ4n) is 3.39. The number of aryl methyl sites for hydroxylation is 2. The van der Waals surface area contributed by atoms with Crippen LogP contribution >= 0.6 is 0 Å². The number of esters is 1. The zero-order valence-electron chi connectivity index (χ0n) is 17.0. The van der Waals surface area contributed by atoms with Gasteiger partial charge in [-0.1, -0.05) is 17.7 Å². The molecule has 1 saturated heterocycles. The lowest BCUT2D eigenvalue weighted by Gasteiger charge is -2.20. The molecule has 0 radical (unpaired) electrons. The Morgan fingerprint density at radius 2 is 1.93 bits per heavy atom. The summed E-state index contributed by atoms with van der Waals surface area (Å²) in [4.78, 5) is 61.0. The second-order valence-electron chi connectivity index (χ2n) is 7.78. The summed E-state index contributed by atoms with van der Waals surface area (Å²) in [7, 11) is 0. The molecule has 0 bridgehead atoms. The molecule has 160 valence electrons. The highest BCUT2D eigenvalue weighted by molar-refractivity contribution is 6.09. The molecule has 0 spiro atoms. The number of rotatable bonds is 6. The Morgan fingerprint density at radius 3 is 2.57 bits per heavy atom. The van der Waals surface area contributed by atoms with Gasteiger partial charge in [0, 0.05) is 5.69 Å². The molecule has 3 rings (SSSR count). The van der Waals surface area contributed by atoms with E-state index in [1.165, 1.54) is 0 Å². The first kappa shape index (κ1) is 21.3. The van der Waals surface area contributed by atoms with Gasteiger partial charge in [0.15, 0.2) is 6.61 Å². The summed E-state index contributed by atoms with van der Waals surface area (Å²) in [5.41, 5.74) is 1.40. The second-order valence-corrected chi connectivity index (χ2v) is 7.78. The van der Waals surface area contributed by atoms with E-state index in [9.17, 15) is 24.0 Å². The van der Waals surface area contributed by atoms with Crippen LogP contribution in [0.2, 0.25) is 0 Å². The van der Waals surface area contributed by atoms with Crippen molar-refractivity contribution in [2.24, 2.45) is 5.92 Å². The van der Waals surface area contributed by atoms with Gasteiger partial charge in [-0.2, -0.15) is 0 Å². The monoisotopic (exact) mass is 416 g/mol. The maximum absolute atomic E-state index is 12.5. The lowest BCUT2D eigenvalue weighted by Crippen LogP contribution is -2.46. The molecular formula is C20H24N4O6. The summed E-state index contributed by atoms with van der Waals surface area (Å²) < 4.78 is 4.79. The summed E-state index contributed by atoms with van der Waals surface area (Å²) in [6.45, 7) is 4.05. The topological polar surface area (TPSA) is 134 Å². The molecule has 1 atom stereocenters. The third-order valence-electron chi connectivity index (χ3n) is 5.23. The second kappa shape index (κ2) is 8.13. The number of benzene rings is 1. The van der Waals surface area contributed by atoms with E-state index >= 15 is 0 Å². The van der Waals surface area contributed by atoms with Gasteiger partial charge in [0.05, 0.1) is 0 Å². The maximum atomic E-state index is 12.5. The number of hydrogen-bond acceptors (Lipinski definition) is 6. The van der Waals surface area contributed by atoms with Gasteiger partial charge in [0.1, 0.15) is 12.1 Å². The molecule has 3 N–H and O–H groups in total. The number of hydrogen-bond donors (Lipinski definition) is 3. The van der Waals surface area contributed by atoms with E-state index in [0.29, 0.717) is 5.69 Å². The molecule has 1 aliphatic carbocycles. The lowest BCUT2D eigenvalue weighted by atomic mass is 9.96. The van der Waals surface area contributed by atoms with Gasteiger partial charge >= 0.3 is 18.0 Å². The molecule has 1 heterocycles. The van der Waals surface area contributed by atoms with E-state index in [0.717, 1.165) is 28.9 Å². The molecule has 1 aromatic rings.